The Morgan fingerprint density at radius 1 is 0.938 bits per heavy atom. The molecule has 0 aliphatic rings. The van der Waals surface area contributed by atoms with Gasteiger partial charge in [0, 0.05) is 17.0 Å². The van der Waals surface area contributed by atoms with Gasteiger partial charge in [-0.05, 0) is 18.2 Å². The molecule has 3 aromatic rings. The van der Waals surface area contributed by atoms with Gasteiger partial charge in [0.15, 0.2) is 0 Å². The molecule has 76 valence electrons. The number of pyridine rings is 2. The van der Waals surface area contributed by atoms with Crippen LogP contribution in [0.3, 0.4) is 0 Å². The maximum atomic E-state index is 4.54. The first kappa shape index (κ1) is 9.04. The first-order chi connectivity index (χ1) is 7.88. The molecule has 0 aliphatic carbocycles. The van der Waals surface area contributed by atoms with Crippen molar-refractivity contribution >= 4 is 27.9 Å². The van der Waals surface area contributed by atoms with Crippen LogP contribution in [0.15, 0.2) is 49.2 Å². The summed E-state index contributed by atoms with van der Waals surface area (Å²) < 4.78 is 0. The molecule has 0 N–H and O–H groups in total. The van der Waals surface area contributed by atoms with E-state index in [4.69, 9.17) is 0 Å². The van der Waals surface area contributed by atoms with Crippen molar-refractivity contribution in [3.05, 3.63) is 54.9 Å². The molecule has 0 aliphatic heterocycles. The zero-order chi connectivity index (χ0) is 11.0. The van der Waals surface area contributed by atoms with Crippen LogP contribution >= 0.6 is 0 Å². The maximum absolute atomic E-state index is 4.54. The van der Waals surface area contributed by atoms with Crippen molar-refractivity contribution in [2.24, 2.45) is 0 Å². The van der Waals surface area contributed by atoms with Crippen molar-refractivity contribution in [3.8, 4) is 0 Å². The minimum Gasteiger partial charge on any atom is -0.254 e. The summed E-state index contributed by atoms with van der Waals surface area (Å²) in [6.45, 7) is 3.73. The van der Waals surface area contributed by atoms with E-state index in [2.05, 4.69) is 28.7 Å². The summed E-state index contributed by atoms with van der Waals surface area (Å²) in [5, 5.41) is 2.22. The smallest absolute Gasteiger partial charge is 0.0971 e. The number of aromatic nitrogens is 2. The van der Waals surface area contributed by atoms with Crippen LogP contribution in [0.4, 0.5) is 0 Å². The maximum Gasteiger partial charge on any atom is 0.0971 e. The van der Waals surface area contributed by atoms with Gasteiger partial charge in [-0.1, -0.05) is 30.8 Å². The summed E-state index contributed by atoms with van der Waals surface area (Å²) >= 11 is 0. The zero-order valence-corrected chi connectivity index (χ0v) is 8.72. The fourth-order valence-electron chi connectivity index (χ4n) is 1.85. The van der Waals surface area contributed by atoms with Crippen molar-refractivity contribution in [1.82, 2.24) is 9.97 Å². The van der Waals surface area contributed by atoms with E-state index >= 15 is 0 Å². The monoisotopic (exact) mass is 206 g/mol. The summed E-state index contributed by atoms with van der Waals surface area (Å²) in [6.07, 6.45) is 3.55. The molecule has 3 rings (SSSR count). The van der Waals surface area contributed by atoms with Gasteiger partial charge >= 0.3 is 0 Å². The van der Waals surface area contributed by atoms with E-state index in [0.29, 0.717) is 0 Å². The van der Waals surface area contributed by atoms with Crippen LogP contribution in [-0.2, 0) is 0 Å². The highest BCUT2D eigenvalue weighted by Gasteiger charge is 2.02. The quantitative estimate of drug-likeness (QED) is 0.570. The van der Waals surface area contributed by atoms with Crippen LogP contribution in [0, 0.1) is 0 Å². The van der Waals surface area contributed by atoms with E-state index in [1.807, 2.05) is 24.3 Å². The Hall–Kier alpha value is -2.22. The molecular formula is C14H10N2. The minimum atomic E-state index is 0.880. The van der Waals surface area contributed by atoms with Crippen molar-refractivity contribution in [2.75, 3.05) is 0 Å². The summed E-state index contributed by atoms with van der Waals surface area (Å²) in [5.74, 6) is 0. The first-order valence-electron chi connectivity index (χ1n) is 5.15. The molecule has 1 aromatic carbocycles. The van der Waals surface area contributed by atoms with E-state index in [1.54, 1.807) is 12.3 Å². The fourth-order valence-corrected chi connectivity index (χ4v) is 1.85. The van der Waals surface area contributed by atoms with Gasteiger partial charge in [-0.3, -0.25) is 4.98 Å². The SMILES string of the molecule is C=Cc1ccc2ccc3cccnc3c2n1. The molecule has 0 radical (unpaired) electrons. The van der Waals surface area contributed by atoms with Crippen molar-refractivity contribution < 1.29 is 0 Å². The first-order valence-corrected chi connectivity index (χ1v) is 5.15. The normalized spacial score (nSPS) is 10.8. The van der Waals surface area contributed by atoms with Crippen molar-refractivity contribution in [3.63, 3.8) is 0 Å². The van der Waals surface area contributed by atoms with Gasteiger partial charge in [0.1, 0.15) is 0 Å². The average molecular weight is 206 g/mol. The summed E-state index contributed by atoms with van der Waals surface area (Å²) in [4.78, 5) is 8.93. The van der Waals surface area contributed by atoms with E-state index in [1.165, 1.54) is 0 Å². The molecule has 0 bridgehead atoms. The lowest BCUT2D eigenvalue weighted by molar-refractivity contribution is 1.35. The van der Waals surface area contributed by atoms with Crippen molar-refractivity contribution in [2.45, 2.75) is 0 Å². The lowest BCUT2D eigenvalue weighted by Gasteiger charge is -2.02. The largest absolute Gasteiger partial charge is 0.254 e. The second-order valence-electron chi connectivity index (χ2n) is 3.65. The molecule has 0 saturated carbocycles. The number of fused-ring (bicyclic) bond motifs is 3. The summed E-state index contributed by atoms with van der Waals surface area (Å²) in [6, 6.07) is 12.1. The summed E-state index contributed by atoms with van der Waals surface area (Å²) in [7, 11) is 0. The molecule has 16 heavy (non-hydrogen) atoms. The molecular weight excluding hydrogens is 196 g/mol. The number of benzene rings is 1. The third-order valence-corrected chi connectivity index (χ3v) is 2.66. The molecule has 0 unspecified atom stereocenters. The number of hydrogen-bond donors (Lipinski definition) is 0. The van der Waals surface area contributed by atoms with Crippen molar-refractivity contribution in [1.29, 1.82) is 0 Å². The Kier molecular flexibility index (Phi) is 1.93. The highest BCUT2D eigenvalue weighted by molar-refractivity contribution is 6.02. The second-order valence-corrected chi connectivity index (χ2v) is 3.65. The van der Waals surface area contributed by atoms with E-state index in [-0.39, 0.29) is 0 Å². The lowest BCUT2D eigenvalue weighted by Crippen LogP contribution is -1.86. The van der Waals surface area contributed by atoms with Gasteiger partial charge in [-0.25, -0.2) is 4.98 Å². The highest BCUT2D eigenvalue weighted by Crippen LogP contribution is 2.22. The van der Waals surface area contributed by atoms with Gasteiger partial charge in [-0.15, -0.1) is 0 Å². The molecule has 2 aromatic heterocycles. The zero-order valence-electron chi connectivity index (χ0n) is 8.72. The van der Waals surface area contributed by atoms with Gasteiger partial charge < -0.3 is 0 Å². The van der Waals surface area contributed by atoms with Crippen LogP contribution in [0.2, 0.25) is 0 Å². The van der Waals surface area contributed by atoms with Gasteiger partial charge in [0.05, 0.1) is 16.7 Å². The van der Waals surface area contributed by atoms with Crippen LogP contribution in [0.25, 0.3) is 27.9 Å². The Labute approximate surface area is 93.3 Å². The predicted octanol–water partition coefficient (Wildman–Crippen LogP) is 3.43. The third kappa shape index (κ3) is 1.27. The predicted molar refractivity (Wildman–Crippen MR) is 67.1 cm³/mol. The van der Waals surface area contributed by atoms with Gasteiger partial charge in [0.2, 0.25) is 0 Å². The van der Waals surface area contributed by atoms with Crippen LogP contribution in [0.5, 0.6) is 0 Å². The van der Waals surface area contributed by atoms with Crippen LogP contribution in [-0.4, -0.2) is 9.97 Å². The minimum absolute atomic E-state index is 0.880. The molecule has 0 atom stereocenters. The second kappa shape index (κ2) is 3.42. The highest BCUT2D eigenvalue weighted by atomic mass is 14.7. The summed E-state index contributed by atoms with van der Waals surface area (Å²) in [5.41, 5.74) is 2.77. The Morgan fingerprint density at radius 2 is 1.69 bits per heavy atom. The van der Waals surface area contributed by atoms with Crippen LogP contribution in [0.1, 0.15) is 5.69 Å². The Bertz CT molecular complexity index is 686. The van der Waals surface area contributed by atoms with E-state index in [9.17, 15) is 0 Å². The lowest BCUT2D eigenvalue weighted by atomic mass is 10.1. The average Bonchev–Trinajstić information content (AvgIpc) is 2.38. The standard InChI is InChI=1S/C14H10N2/c1-2-12-8-7-11-6-5-10-4-3-9-15-13(10)14(11)16-12/h2-9H,1H2. The molecule has 0 fully saturated rings. The van der Waals surface area contributed by atoms with E-state index in [0.717, 1.165) is 27.5 Å². The molecule has 2 nitrogen and oxygen atoms in total. The van der Waals surface area contributed by atoms with Crippen LogP contribution < -0.4 is 0 Å². The number of nitrogens with zero attached hydrogens (tertiary/aromatic N) is 2. The molecule has 0 amide bonds. The Morgan fingerprint density at radius 3 is 2.50 bits per heavy atom. The molecule has 0 spiro atoms. The van der Waals surface area contributed by atoms with Gasteiger partial charge in [0.25, 0.3) is 0 Å². The molecule has 2 heterocycles. The third-order valence-electron chi connectivity index (χ3n) is 2.66. The Balaban J connectivity index is 2.52. The van der Waals surface area contributed by atoms with Gasteiger partial charge in [-0.2, -0.15) is 0 Å². The number of rotatable bonds is 1. The molecule has 2 heteroatoms. The topological polar surface area (TPSA) is 25.8 Å². The fraction of sp³-hybridized carbons (Fsp3) is 0. The number of hydrogen-bond acceptors (Lipinski definition) is 2. The van der Waals surface area contributed by atoms with E-state index < -0.39 is 0 Å². The molecule has 0 saturated heterocycles.